The Hall–Kier alpha value is -1.10. The lowest BCUT2D eigenvalue weighted by molar-refractivity contribution is 0.0169. The average Bonchev–Trinajstić information content (AvgIpc) is 2.75. The molecule has 0 aromatic carbocycles. The highest BCUT2D eigenvalue weighted by molar-refractivity contribution is 6.17. The van der Waals surface area contributed by atoms with Gasteiger partial charge in [-0.3, -0.25) is 0 Å². The molecule has 16 heavy (non-hydrogen) atoms. The molecule has 2 heterocycles. The number of pyridine rings is 1. The Morgan fingerprint density at radius 3 is 3.00 bits per heavy atom. The minimum Gasteiger partial charge on any atom is -0.390 e. The van der Waals surface area contributed by atoms with Crippen molar-refractivity contribution in [3.8, 4) is 0 Å². The smallest absolute Gasteiger partial charge is 0.137 e. The summed E-state index contributed by atoms with van der Waals surface area (Å²) < 4.78 is 0. The second kappa shape index (κ2) is 4.82. The Bertz CT molecular complexity index is 472. The van der Waals surface area contributed by atoms with Crippen molar-refractivity contribution in [3.63, 3.8) is 0 Å². The normalized spacial score (nSPS) is 15.2. The lowest BCUT2D eigenvalue weighted by Crippen LogP contribution is -2.18. The van der Waals surface area contributed by atoms with Crippen LogP contribution in [0.25, 0.3) is 11.0 Å². The Morgan fingerprint density at radius 2 is 2.25 bits per heavy atom. The van der Waals surface area contributed by atoms with E-state index in [-0.39, 0.29) is 0 Å². The van der Waals surface area contributed by atoms with E-state index in [9.17, 15) is 10.2 Å². The van der Waals surface area contributed by atoms with Crippen LogP contribution < -0.4 is 0 Å². The Kier molecular flexibility index (Phi) is 3.43. The summed E-state index contributed by atoms with van der Waals surface area (Å²) >= 11 is 5.51. The third kappa shape index (κ3) is 2.19. The molecule has 2 aromatic heterocycles. The SMILES string of the molecule is OC(CCCl)C(O)c1cnc2[nH]ccc2c1. The number of aliphatic hydroxyl groups is 2. The first-order chi connectivity index (χ1) is 7.72. The van der Waals surface area contributed by atoms with Crippen LogP contribution in [0.15, 0.2) is 24.5 Å². The highest BCUT2D eigenvalue weighted by Crippen LogP contribution is 2.21. The molecular formula is C11H13ClN2O2. The summed E-state index contributed by atoms with van der Waals surface area (Å²) in [5.41, 5.74) is 1.37. The molecule has 4 nitrogen and oxygen atoms in total. The van der Waals surface area contributed by atoms with Crippen LogP contribution in [0.5, 0.6) is 0 Å². The molecule has 0 amide bonds. The van der Waals surface area contributed by atoms with Gasteiger partial charge in [-0.2, -0.15) is 0 Å². The van der Waals surface area contributed by atoms with Crippen LogP contribution in [0.1, 0.15) is 18.1 Å². The van der Waals surface area contributed by atoms with Gasteiger partial charge in [0.05, 0.1) is 6.10 Å². The van der Waals surface area contributed by atoms with Crippen molar-refractivity contribution in [3.05, 3.63) is 30.1 Å². The number of aromatic nitrogens is 2. The number of fused-ring (bicyclic) bond motifs is 1. The van der Waals surface area contributed by atoms with Gasteiger partial charge in [0.15, 0.2) is 0 Å². The molecule has 0 aliphatic heterocycles. The number of nitrogens with zero attached hydrogens (tertiary/aromatic N) is 1. The molecule has 2 aromatic rings. The van der Waals surface area contributed by atoms with Gasteiger partial charge in [0.1, 0.15) is 11.8 Å². The van der Waals surface area contributed by atoms with Crippen molar-refractivity contribution >= 4 is 22.6 Å². The first-order valence-electron chi connectivity index (χ1n) is 5.07. The fraction of sp³-hybridized carbons (Fsp3) is 0.364. The molecule has 0 aliphatic rings. The molecule has 0 radical (unpaired) electrons. The summed E-state index contributed by atoms with van der Waals surface area (Å²) in [6, 6.07) is 3.67. The molecule has 2 atom stereocenters. The maximum absolute atomic E-state index is 9.86. The highest BCUT2D eigenvalue weighted by atomic mass is 35.5. The number of H-pyrrole nitrogens is 1. The van der Waals surface area contributed by atoms with E-state index >= 15 is 0 Å². The van der Waals surface area contributed by atoms with Crippen LogP contribution >= 0.6 is 11.6 Å². The van der Waals surface area contributed by atoms with Crippen molar-refractivity contribution in [1.29, 1.82) is 0 Å². The summed E-state index contributed by atoms with van der Waals surface area (Å²) in [5.74, 6) is 0.318. The Morgan fingerprint density at radius 1 is 1.44 bits per heavy atom. The monoisotopic (exact) mass is 240 g/mol. The van der Waals surface area contributed by atoms with Crippen molar-refractivity contribution in [2.45, 2.75) is 18.6 Å². The Labute approximate surface area is 97.9 Å². The third-order valence-electron chi connectivity index (χ3n) is 2.53. The molecule has 2 rings (SSSR count). The summed E-state index contributed by atoms with van der Waals surface area (Å²) in [4.78, 5) is 7.11. The van der Waals surface area contributed by atoms with Gasteiger partial charge in [-0.25, -0.2) is 4.98 Å². The lowest BCUT2D eigenvalue weighted by Gasteiger charge is -2.16. The summed E-state index contributed by atoms with van der Waals surface area (Å²) in [6.45, 7) is 0. The predicted molar refractivity (Wildman–Crippen MR) is 62.4 cm³/mol. The zero-order valence-corrected chi connectivity index (χ0v) is 9.35. The maximum atomic E-state index is 9.86. The highest BCUT2D eigenvalue weighted by Gasteiger charge is 2.18. The van der Waals surface area contributed by atoms with E-state index in [0.717, 1.165) is 11.0 Å². The quantitative estimate of drug-likeness (QED) is 0.711. The van der Waals surface area contributed by atoms with Crippen molar-refractivity contribution in [1.82, 2.24) is 9.97 Å². The second-order valence-corrected chi connectivity index (χ2v) is 4.05. The van der Waals surface area contributed by atoms with Crippen LogP contribution in [0.2, 0.25) is 0 Å². The minimum absolute atomic E-state index is 0.318. The topological polar surface area (TPSA) is 69.1 Å². The van der Waals surface area contributed by atoms with Crippen LogP contribution in [0, 0.1) is 0 Å². The number of rotatable bonds is 4. The number of hydrogen-bond acceptors (Lipinski definition) is 3. The van der Waals surface area contributed by atoms with Crippen LogP contribution in [-0.2, 0) is 0 Å². The fourth-order valence-corrected chi connectivity index (χ4v) is 1.83. The zero-order valence-electron chi connectivity index (χ0n) is 8.60. The number of hydrogen-bond donors (Lipinski definition) is 3. The molecule has 0 saturated heterocycles. The largest absolute Gasteiger partial charge is 0.390 e. The van der Waals surface area contributed by atoms with Gasteiger partial charge >= 0.3 is 0 Å². The number of halogens is 1. The molecule has 0 saturated carbocycles. The molecule has 2 unspecified atom stereocenters. The van der Waals surface area contributed by atoms with E-state index in [4.69, 9.17) is 11.6 Å². The van der Waals surface area contributed by atoms with Crippen LogP contribution in [0.3, 0.4) is 0 Å². The molecule has 0 bridgehead atoms. The average molecular weight is 241 g/mol. The van der Waals surface area contributed by atoms with Gasteiger partial charge in [-0.15, -0.1) is 11.6 Å². The van der Waals surface area contributed by atoms with Gasteiger partial charge < -0.3 is 15.2 Å². The molecule has 0 fully saturated rings. The first kappa shape index (κ1) is 11.4. The lowest BCUT2D eigenvalue weighted by atomic mass is 10.0. The van der Waals surface area contributed by atoms with Gasteiger partial charge in [0.25, 0.3) is 0 Å². The summed E-state index contributed by atoms with van der Waals surface area (Å²) in [6.07, 6.45) is 1.90. The van der Waals surface area contributed by atoms with Gasteiger partial charge in [0.2, 0.25) is 0 Å². The molecule has 3 N–H and O–H groups in total. The molecule has 5 heteroatoms. The Balaban J connectivity index is 2.24. The van der Waals surface area contributed by atoms with E-state index in [1.54, 1.807) is 18.5 Å². The number of nitrogens with one attached hydrogen (secondary N) is 1. The van der Waals surface area contributed by atoms with Crippen molar-refractivity contribution in [2.75, 3.05) is 5.88 Å². The predicted octanol–water partition coefficient (Wildman–Crippen LogP) is 1.59. The van der Waals surface area contributed by atoms with Gasteiger partial charge in [-0.05, 0) is 18.6 Å². The van der Waals surface area contributed by atoms with Gasteiger partial charge in [-0.1, -0.05) is 0 Å². The summed E-state index contributed by atoms with van der Waals surface area (Å²) in [7, 11) is 0. The minimum atomic E-state index is -0.939. The molecular weight excluding hydrogens is 228 g/mol. The summed E-state index contributed by atoms with van der Waals surface area (Å²) in [5, 5.41) is 20.4. The van der Waals surface area contributed by atoms with Gasteiger partial charge in [0, 0.05) is 29.2 Å². The van der Waals surface area contributed by atoms with Crippen molar-refractivity contribution < 1.29 is 10.2 Å². The van der Waals surface area contributed by atoms with Crippen molar-refractivity contribution in [2.24, 2.45) is 0 Å². The van der Waals surface area contributed by atoms with E-state index in [0.29, 0.717) is 17.9 Å². The maximum Gasteiger partial charge on any atom is 0.137 e. The van der Waals surface area contributed by atoms with E-state index in [1.165, 1.54) is 0 Å². The standard InChI is InChI=1S/C11H13ClN2O2/c12-3-1-9(15)10(16)8-5-7-2-4-13-11(7)14-6-8/h2,4-6,9-10,15-16H,1,3H2,(H,13,14). The number of aliphatic hydroxyl groups excluding tert-OH is 2. The second-order valence-electron chi connectivity index (χ2n) is 3.67. The fourth-order valence-electron chi connectivity index (χ4n) is 1.61. The number of alkyl halides is 1. The number of aromatic amines is 1. The first-order valence-corrected chi connectivity index (χ1v) is 5.61. The third-order valence-corrected chi connectivity index (χ3v) is 2.75. The molecule has 86 valence electrons. The van der Waals surface area contributed by atoms with E-state index < -0.39 is 12.2 Å². The van der Waals surface area contributed by atoms with Crippen LogP contribution in [-0.4, -0.2) is 32.2 Å². The van der Waals surface area contributed by atoms with E-state index in [2.05, 4.69) is 9.97 Å². The molecule has 0 spiro atoms. The van der Waals surface area contributed by atoms with Crippen LogP contribution in [0.4, 0.5) is 0 Å². The zero-order chi connectivity index (χ0) is 11.5. The van der Waals surface area contributed by atoms with E-state index in [1.807, 2.05) is 6.07 Å². The molecule has 0 aliphatic carbocycles.